The Hall–Kier alpha value is -0.500. The maximum atomic E-state index is 5.19. The van der Waals surface area contributed by atoms with Gasteiger partial charge in [0.05, 0.1) is 6.54 Å². The van der Waals surface area contributed by atoms with Crippen LogP contribution in [0.2, 0.25) is 0 Å². The Morgan fingerprint density at radius 2 is 2.50 bits per heavy atom. The molecule has 0 aliphatic carbocycles. The smallest absolute Gasteiger partial charge is 0.142 e. The van der Waals surface area contributed by atoms with Crippen LogP contribution in [0.4, 0.5) is 0 Å². The van der Waals surface area contributed by atoms with Gasteiger partial charge >= 0.3 is 0 Å². The second kappa shape index (κ2) is 3.62. The summed E-state index contributed by atoms with van der Waals surface area (Å²) >= 11 is 0. The summed E-state index contributed by atoms with van der Waals surface area (Å²) in [4.78, 5) is 2.27. The van der Waals surface area contributed by atoms with Crippen LogP contribution in [0.3, 0.4) is 0 Å². The highest BCUT2D eigenvalue weighted by molar-refractivity contribution is 4.90. The minimum Gasteiger partial charge on any atom is -0.482 e. The minimum absolute atomic E-state index is 0.749. The van der Waals surface area contributed by atoms with Gasteiger partial charge in [0.15, 0.2) is 0 Å². The van der Waals surface area contributed by atoms with Crippen LogP contribution in [0.1, 0.15) is 19.8 Å². The van der Waals surface area contributed by atoms with E-state index in [-0.39, 0.29) is 0 Å². The number of unbranched alkanes of at least 4 members (excludes halogenated alkanes) is 1. The third kappa shape index (κ3) is 2.03. The van der Waals surface area contributed by atoms with Gasteiger partial charge in [-0.05, 0) is 6.42 Å². The van der Waals surface area contributed by atoms with Crippen molar-refractivity contribution in [3.05, 3.63) is 12.3 Å². The van der Waals surface area contributed by atoms with Crippen LogP contribution in [0, 0.1) is 0 Å². The molecule has 0 aromatic heterocycles. The molecule has 1 saturated heterocycles. The van der Waals surface area contributed by atoms with Crippen molar-refractivity contribution in [3.63, 3.8) is 0 Å². The zero-order chi connectivity index (χ0) is 7.40. The summed E-state index contributed by atoms with van der Waals surface area (Å²) in [7, 11) is 0. The molecule has 10 heavy (non-hydrogen) atoms. The van der Waals surface area contributed by atoms with Gasteiger partial charge in [0, 0.05) is 6.54 Å². The Labute approximate surface area is 62.5 Å². The van der Waals surface area contributed by atoms with Crippen LogP contribution < -0.4 is 0 Å². The molecule has 2 heteroatoms. The largest absolute Gasteiger partial charge is 0.482 e. The second-order valence-electron chi connectivity index (χ2n) is 2.72. The Morgan fingerprint density at radius 1 is 1.70 bits per heavy atom. The van der Waals surface area contributed by atoms with Crippen molar-refractivity contribution in [1.82, 2.24) is 4.90 Å². The molecular weight excluding hydrogens is 126 g/mol. The van der Waals surface area contributed by atoms with E-state index in [1.54, 1.807) is 0 Å². The molecule has 1 fully saturated rings. The predicted octanol–water partition coefficient (Wildman–Crippen LogP) is 1.59. The molecule has 1 rings (SSSR count). The fourth-order valence-electron chi connectivity index (χ4n) is 1.05. The molecule has 0 aromatic rings. The van der Waals surface area contributed by atoms with E-state index in [4.69, 9.17) is 4.74 Å². The normalized spacial score (nSPS) is 19.5. The van der Waals surface area contributed by atoms with Crippen molar-refractivity contribution in [2.24, 2.45) is 0 Å². The van der Waals surface area contributed by atoms with Crippen LogP contribution in [-0.2, 0) is 4.74 Å². The summed E-state index contributed by atoms with van der Waals surface area (Å²) in [6.45, 7) is 8.78. The van der Waals surface area contributed by atoms with Gasteiger partial charge < -0.3 is 4.74 Å². The summed E-state index contributed by atoms with van der Waals surface area (Å²) in [6, 6.07) is 0. The van der Waals surface area contributed by atoms with E-state index < -0.39 is 0 Å². The molecule has 0 unspecified atom stereocenters. The molecule has 1 aliphatic rings. The molecule has 0 aromatic carbocycles. The fraction of sp³-hybridized carbons (Fsp3) is 0.750. The first kappa shape index (κ1) is 7.61. The van der Waals surface area contributed by atoms with Gasteiger partial charge in [-0.1, -0.05) is 19.9 Å². The monoisotopic (exact) mass is 141 g/mol. The molecule has 0 atom stereocenters. The number of rotatable bonds is 3. The Balaban J connectivity index is 2.12. The summed E-state index contributed by atoms with van der Waals surface area (Å²) in [5.74, 6) is 0.913. The molecular formula is C8H15NO. The molecule has 0 amide bonds. The topological polar surface area (TPSA) is 12.5 Å². The van der Waals surface area contributed by atoms with Gasteiger partial charge in [-0.2, -0.15) is 0 Å². The van der Waals surface area contributed by atoms with Crippen LogP contribution in [-0.4, -0.2) is 24.7 Å². The average Bonchev–Trinajstić information content (AvgIpc) is 2.31. The molecule has 1 heterocycles. The van der Waals surface area contributed by atoms with Crippen LogP contribution >= 0.6 is 0 Å². The molecule has 0 spiro atoms. The third-order valence-corrected chi connectivity index (χ3v) is 1.68. The maximum absolute atomic E-state index is 5.19. The van der Waals surface area contributed by atoms with E-state index in [0.717, 1.165) is 25.6 Å². The summed E-state index contributed by atoms with van der Waals surface area (Å²) < 4.78 is 5.19. The number of nitrogens with zero attached hydrogens (tertiary/aromatic N) is 1. The van der Waals surface area contributed by atoms with E-state index in [0.29, 0.717) is 0 Å². The Morgan fingerprint density at radius 3 is 3.00 bits per heavy atom. The summed E-state index contributed by atoms with van der Waals surface area (Å²) in [6.07, 6.45) is 2.51. The summed E-state index contributed by atoms with van der Waals surface area (Å²) in [5, 5.41) is 0. The number of hydrogen-bond acceptors (Lipinski definition) is 2. The van der Waals surface area contributed by atoms with Gasteiger partial charge in [0.1, 0.15) is 12.5 Å². The lowest BCUT2D eigenvalue weighted by Gasteiger charge is -2.09. The highest BCUT2D eigenvalue weighted by Gasteiger charge is 2.13. The van der Waals surface area contributed by atoms with Gasteiger partial charge in [0.25, 0.3) is 0 Å². The Bertz CT molecular complexity index is 122. The predicted molar refractivity (Wildman–Crippen MR) is 41.6 cm³/mol. The van der Waals surface area contributed by atoms with E-state index in [1.807, 2.05) is 0 Å². The third-order valence-electron chi connectivity index (χ3n) is 1.68. The highest BCUT2D eigenvalue weighted by Crippen LogP contribution is 2.09. The molecule has 0 bridgehead atoms. The first-order valence-corrected chi connectivity index (χ1v) is 3.86. The van der Waals surface area contributed by atoms with Crippen molar-refractivity contribution >= 4 is 0 Å². The second-order valence-corrected chi connectivity index (χ2v) is 2.72. The van der Waals surface area contributed by atoms with E-state index in [1.165, 1.54) is 12.8 Å². The molecule has 1 aliphatic heterocycles. The van der Waals surface area contributed by atoms with Crippen molar-refractivity contribution in [2.45, 2.75) is 19.8 Å². The minimum atomic E-state index is 0.749. The molecule has 2 nitrogen and oxygen atoms in total. The van der Waals surface area contributed by atoms with Gasteiger partial charge in [-0.25, -0.2) is 0 Å². The first-order chi connectivity index (χ1) is 4.83. The average molecular weight is 141 g/mol. The lowest BCUT2D eigenvalue weighted by atomic mass is 10.3. The van der Waals surface area contributed by atoms with E-state index in [9.17, 15) is 0 Å². The SMILES string of the molecule is C=C1CN(CCCC)CO1. The van der Waals surface area contributed by atoms with Crippen LogP contribution in [0.15, 0.2) is 12.3 Å². The van der Waals surface area contributed by atoms with Crippen LogP contribution in [0.5, 0.6) is 0 Å². The molecule has 58 valence electrons. The Kier molecular flexibility index (Phi) is 2.75. The zero-order valence-electron chi connectivity index (χ0n) is 6.60. The van der Waals surface area contributed by atoms with Gasteiger partial charge in [-0.3, -0.25) is 4.90 Å². The number of hydrogen-bond donors (Lipinski definition) is 0. The first-order valence-electron chi connectivity index (χ1n) is 3.86. The van der Waals surface area contributed by atoms with Gasteiger partial charge in [0.2, 0.25) is 0 Å². The number of ether oxygens (including phenoxy) is 1. The quantitative estimate of drug-likeness (QED) is 0.591. The van der Waals surface area contributed by atoms with Crippen molar-refractivity contribution in [3.8, 4) is 0 Å². The molecule has 0 radical (unpaired) electrons. The lowest BCUT2D eigenvalue weighted by Crippen LogP contribution is -2.20. The summed E-state index contributed by atoms with van der Waals surface area (Å²) in [5.41, 5.74) is 0. The fourth-order valence-corrected chi connectivity index (χ4v) is 1.05. The lowest BCUT2D eigenvalue weighted by molar-refractivity contribution is 0.168. The van der Waals surface area contributed by atoms with Crippen molar-refractivity contribution in [2.75, 3.05) is 19.8 Å². The van der Waals surface area contributed by atoms with E-state index in [2.05, 4.69) is 18.4 Å². The van der Waals surface area contributed by atoms with Crippen LogP contribution in [0.25, 0.3) is 0 Å². The highest BCUT2D eigenvalue weighted by atomic mass is 16.5. The zero-order valence-corrected chi connectivity index (χ0v) is 6.60. The van der Waals surface area contributed by atoms with Crippen molar-refractivity contribution in [1.29, 1.82) is 0 Å². The molecule has 0 N–H and O–H groups in total. The standard InChI is InChI=1S/C8H15NO/c1-3-4-5-9-6-8(2)10-7-9/h2-7H2,1H3. The maximum Gasteiger partial charge on any atom is 0.142 e. The van der Waals surface area contributed by atoms with Crippen molar-refractivity contribution < 1.29 is 4.74 Å². The van der Waals surface area contributed by atoms with E-state index >= 15 is 0 Å². The molecule has 0 saturated carbocycles. The van der Waals surface area contributed by atoms with Gasteiger partial charge in [-0.15, -0.1) is 0 Å².